The van der Waals surface area contributed by atoms with Gasteiger partial charge in [-0.3, -0.25) is 25.2 Å². The Morgan fingerprint density at radius 1 is 0.900 bits per heavy atom. The van der Waals surface area contributed by atoms with Crippen molar-refractivity contribution in [3.63, 3.8) is 0 Å². The summed E-state index contributed by atoms with van der Waals surface area (Å²) in [4.78, 5) is 37.3. The van der Waals surface area contributed by atoms with Crippen LogP contribution in [0, 0.1) is 18.7 Å². The van der Waals surface area contributed by atoms with Gasteiger partial charge in [0.1, 0.15) is 17.6 Å². The van der Waals surface area contributed by atoms with Crippen LogP contribution in [-0.2, 0) is 9.59 Å². The summed E-state index contributed by atoms with van der Waals surface area (Å²) in [6.07, 6.45) is -0.935. The second-order valence-corrected chi connectivity index (χ2v) is 7.20. The first kappa shape index (κ1) is 22.9. The van der Waals surface area contributed by atoms with E-state index in [1.165, 1.54) is 31.2 Å². The van der Waals surface area contributed by atoms with Gasteiger partial charge < -0.3 is 10.1 Å². The summed E-state index contributed by atoms with van der Waals surface area (Å²) >= 11 is 0. The first-order chi connectivity index (χ1) is 14.2. The zero-order valence-electron chi connectivity index (χ0n) is 17.4. The van der Waals surface area contributed by atoms with Crippen molar-refractivity contribution in [2.24, 2.45) is 5.92 Å². The van der Waals surface area contributed by atoms with Crippen molar-refractivity contribution in [3.05, 3.63) is 65.5 Å². The van der Waals surface area contributed by atoms with E-state index in [1.54, 1.807) is 26.0 Å². The molecule has 160 valence electrons. The lowest BCUT2D eigenvalue weighted by atomic mass is 10.0. The van der Waals surface area contributed by atoms with E-state index >= 15 is 0 Å². The number of carbonyl (C=O) groups excluding carboxylic acids is 3. The Morgan fingerprint density at radius 2 is 1.50 bits per heavy atom. The normalized spacial score (nSPS) is 12.6. The molecule has 0 saturated heterocycles. The van der Waals surface area contributed by atoms with Gasteiger partial charge in [-0.2, -0.15) is 0 Å². The molecular formula is C22H26FN3O4. The Bertz CT molecular complexity index is 900. The van der Waals surface area contributed by atoms with Crippen molar-refractivity contribution in [1.29, 1.82) is 0 Å². The number of aryl methyl sites for hydroxylation is 1. The molecule has 0 aliphatic carbocycles. The smallest absolute Gasteiger partial charge is 0.279 e. The van der Waals surface area contributed by atoms with Crippen LogP contribution in [0.15, 0.2) is 48.5 Å². The summed E-state index contributed by atoms with van der Waals surface area (Å²) in [5, 5.41) is 2.70. The average Bonchev–Trinajstić information content (AvgIpc) is 2.71. The lowest BCUT2D eigenvalue weighted by Gasteiger charge is -2.23. The lowest BCUT2D eigenvalue weighted by Crippen LogP contribution is -2.56. The number of halogens is 1. The number of hydrazine groups is 1. The molecular weight excluding hydrogens is 389 g/mol. The SMILES string of the molecule is Cc1ccccc1C(=O)N[C@H](C(=O)NNC(=O)C(C)Oc1ccc(F)cc1)C(C)C. The van der Waals surface area contributed by atoms with Crippen LogP contribution in [-0.4, -0.2) is 29.9 Å². The van der Waals surface area contributed by atoms with Gasteiger partial charge in [0.2, 0.25) is 0 Å². The van der Waals surface area contributed by atoms with Crippen LogP contribution in [0.25, 0.3) is 0 Å². The molecule has 0 aliphatic heterocycles. The molecule has 30 heavy (non-hydrogen) atoms. The first-order valence-corrected chi connectivity index (χ1v) is 9.57. The fourth-order valence-electron chi connectivity index (χ4n) is 2.66. The van der Waals surface area contributed by atoms with Gasteiger partial charge >= 0.3 is 0 Å². The van der Waals surface area contributed by atoms with Crippen LogP contribution in [0.2, 0.25) is 0 Å². The molecule has 3 amide bonds. The summed E-state index contributed by atoms with van der Waals surface area (Å²) in [5.41, 5.74) is 5.87. The third-order valence-corrected chi connectivity index (χ3v) is 4.43. The van der Waals surface area contributed by atoms with Crippen LogP contribution >= 0.6 is 0 Å². The molecule has 0 heterocycles. The van der Waals surface area contributed by atoms with Crippen LogP contribution in [0.3, 0.4) is 0 Å². The standard InChI is InChI=1S/C22H26FN3O4/c1-13(2)19(24-21(28)18-8-6-5-7-14(18)3)22(29)26-25-20(27)15(4)30-17-11-9-16(23)10-12-17/h5-13,15,19H,1-4H3,(H,24,28)(H,25,27)(H,26,29)/t15?,19-/m0/s1. The number of amides is 3. The van der Waals surface area contributed by atoms with Gasteiger partial charge in [0, 0.05) is 5.56 Å². The van der Waals surface area contributed by atoms with Crippen molar-refractivity contribution in [2.75, 3.05) is 0 Å². The van der Waals surface area contributed by atoms with Crippen molar-refractivity contribution < 1.29 is 23.5 Å². The van der Waals surface area contributed by atoms with Crippen LogP contribution in [0.5, 0.6) is 5.75 Å². The van der Waals surface area contributed by atoms with Gasteiger partial charge in [-0.15, -0.1) is 0 Å². The molecule has 2 atom stereocenters. The van der Waals surface area contributed by atoms with Crippen LogP contribution in [0.4, 0.5) is 4.39 Å². The van der Waals surface area contributed by atoms with E-state index in [4.69, 9.17) is 4.74 Å². The number of ether oxygens (including phenoxy) is 1. The van der Waals surface area contributed by atoms with E-state index in [-0.39, 0.29) is 11.8 Å². The zero-order chi connectivity index (χ0) is 22.3. The molecule has 3 N–H and O–H groups in total. The molecule has 0 aromatic heterocycles. The van der Waals surface area contributed by atoms with E-state index in [9.17, 15) is 18.8 Å². The van der Waals surface area contributed by atoms with Gasteiger partial charge in [-0.25, -0.2) is 4.39 Å². The highest BCUT2D eigenvalue weighted by Crippen LogP contribution is 2.13. The molecule has 0 saturated carbocycles. The zero-order valence-corrected chi connectivity index (χ0v) is 17.4. The topological polar surface area (TPSA) is 96.5 Å². The molecule has 2 rings (SSSR count). The highest BCUT2D eigenvalue weighted by atomic mass is 19.1. The Balaban J connectivity index is 1.92. The minimum Gasteiger partial charge on any atom is -0.481 e. The predicted molar refractivity (Wildman–Crippen MR) is 110 cm³/mol. The molecule has 0 spiro atoms. The monoisotopic (exact) mass is 415 g/mol. The summed E-state index contributed by atoms with van der Waals surface area (Å²) in [6, 6.07) is 11.4. The predicted octanol–water partition coefficient (Wildman–Crippen LogP) is 2.50. The number of rotatable bonds is 7. The van der Waals surface area contributed by atoms with Crippen molar-refractivity contribution in [3.8, 4) is 5.75 Å². The fourth-order valence-corrected chi connectivity index (χ4v) is 2.66. The molecule has 0 radical (unpaired) electrons. The minimum absolute atomic E-state index is 0.220. The molecule has 2 aromatic carbocycles. The summed E-state index contributed by atoms with van der Waals surface area (Å²) < 4.78 is 18.3. The summed E-state index contributed by atoms with van der Waals surface area (Å²) in [7, 11) is 0. The quantitative estimate of drug-likeness (QED) is 0.606. The number of benzene rings is 2. The summed E-state index contributed by atoms with van der Waals surface area (Å²) in [6.45, 7) is 6.86. The average molecular weight is 415 g/mol. The molecule has 0 bridgehead atoms. The van der Waals surface area contributed by atoms with Gasteiger partial charge in [0.05, 0.1) is 0 Å². The van der Waals surface area contributed by atoms with E-state index < -0.39 is 29.8 Å². The summed E-state index contributed by atoms with van der Waals surface area (Å²) in [5.74, 6) is -1.85. The molecule has 0 aliphatic rings. The van der Waals surface area contributed by atoms with E-state index in [1.807, 2.05) is 19.1 Å². The Labute approximate surface area is 175 Å². The Morgan fingerprint density at radius 3 is 2.10 bits per heavy atom. The molecule has 1 unspecified atom stereocenters. The van der Waals surface area contributed by atoms with Crippen molar-refractivity contribution >= 4 is 17.7 Å². The number of nitrogens with one attached hydrogen (secondary N) is 3. The third kappa shape index (κ3) is 6.30. The second kappa shape index (κ2) is 10.4. The largest absolute Gasteiger partial charge is 0.481 e. The van der Waals surface area contributed by atoms with Crippen LogP contribution < -0.4 is 20.9 Å². The van der Waals surface area contributed by atoms with E-state index in [0.29, 0.717) is 11.3 Å². The Hall–Kier alpha value is -3.42. The number of carbonyl (C=O) groups is 3. The van der Waals surface area contributed by atoms with Gasteiger partial charge in [-0.05, 0) is 55.7 Å². The third-order valence-electron chi connectivity index (χ3n) is 4.43. The minimum atomic E-state index is -0.935. The van der Waals surface area contributed by atoms with Crippen LogP contribution in [0.1, 0.15) is 36.7 Å². The number of hydrogen-bond acceptors (Lipinski definition) is 4. The maximum atomic E-state index is 12.9. The fraction of sp³-hybridized carbons (Fsp3) is 0.318. The van der Waals surface area contributed by atoms with E-state index in [2.05, 4.69) is 16.2 Å². The highest BCUT2D eigenvalue weighted by Gasteiger charge is 2.26. The van der Waals surface area contributed by atoms with Crippen molar-refractivity contribution in [2.45, 2.75) is 39.8 Å². The second-order valence-electron chi connectivity index (χ2n) is 7.20. The van der Waals surface area contributed by atoms with Crippen molar-refractivity contribution in [1.82, 2.24) is 16.2 Å². The molecule has 8 heteroatoms. The van der Waals surface area contributed by atoms with Gasteiger partial charge in [-0.1, -0.05) is 32.0 Å². The maximum absolute atomic E-state index is 12.9. The number of hydrogen-bond donors (Lipinski definition) is 3. The molecule has 2 aromatic rings. The van der Waals surface area contributed by atoms with Gasteiger partial charge in [0.15, 0.2) is 6.10 Å². The van der Waals surface area contributed by atoms with Gasteiger partial charge in [0.25, 0.3) is 17.7 Å². The van der Waals surface area contributed by atoms with E-state index in [0.717, 1.165) is 5.56 Å². The first-order valence-electron chi connectivity index (χ1n) is 9.57. The maximum Gasteiger partial charge on any atom is 0.279 e. The highest BCUT2D eigenvalue weighted by molar-refractivity contribution is 5.99. The molecule has 0 fully saturated rings. The molecule has 7 nitrogen and oxygen atoms in total. The Kier molecular flexibility index (Phi) is 7.91. The lowest BCUT2D eigenvalue weighted by molar-refractivity contribution is -0.133.